The third kappa shape index (κ3) is 3.82. The highest BCUT2D eigenvalue weighted by molar-refractivity contribution is 5.71. The molecule has 31 heavy (non-hydrogen) atoms. The van der Waals surface area contributed by atoms with Crippen molar-refractivity contribution >= 4 is 11.5 Å². The molecule has 7 nitrogen and oxygen atoms in total. The molecule has 1 aromatic carbocycles. The number of fused-ring (bicyclic) bond motifs is 1. The maximum atomic E-state index is 13.7. The number of pyridine rings is 1. The molecular weight excluding hydrogens is 395 g/mol. The minimum atomic E-state index is -0.261. The Morgan fingerprint density at radius 2 is 1.87 bits per heavy atom. The van der Waals surface area contributed by atoms with E-state index in [2.05, 4.69) is 30.8 Å². The van der Waals surface area contributed by atoms with Crippen LogP contribution in [0.2, 0.25) is 0 Å². The summed E-state index contributed by atoms with van der Waals surface area (Å²) in [4.78, 5) is 18.2. The summed E-state index contributed by atoms with van der Waals surface area (Å²) in [6, 6.07) is 10.6. The van der Waals surface area contributed by atoms with Crippen LogP contribution < -0.4 is 9.64 Å². The third-order valence-electron chi connectivity index (χ3n) is 5.64. The predicted octanol–water partition coefficient (Wildman–Crippen LogP) is 3.26. The van der Waals surface area contributed by atoms with Gasteiger partial charge >= 0.3 is 0 Å². The number of imidazole rings is 1. The predicted molar refractivity (Wildman–Crippen MR) is 117 cm³/mol. The van der Waals surface area contributed by atoms with Gasteiger partial charge < -0.3 is 9.64 Å². The molecule has 0 N–H and O–H groups in total. The molecule has 1 fully saturated rings. The molecule has 3 aromatic heterocycles. The van der Waals surface area contributed by atoms with Gasteiger partial charge in [-0.05, 0) is 18.2 Å². The van der Waals surface area contributed by atoms with Crippen molar-refractivity contribution in [2.24, 2.45) is 0 Å². The van der Waals surface area contributed by atoms with Gasteiger partial charge in [-0.25, -0.2) is 19.3 Å². The minimum Gasteiger partial charge on any atom is -0.481 e. The van der Waals surface area contributed by atoms with Crippen LogP contribution in [0.3, 0.4) is 0 Å². The van der Waals surface area contributed by atoms with Crippen LogP contribution in [0.5, 0.6) is 5.88 Å². The molecule has 0 aliphatic carbocycles. The molecular formula is C23H23FN6O. The van der Waals surface area contributed by atoms with E-state index in [9.17, 15) is 4.39 Å². The van der Waals surface area contributed by atoms with E-state index in [4.69, 9.17) is 4.74 Å². The van der Waals surface area contributed by atoms with Crippen molar-refractivity contribution in [1.82, 2.24) is 24.3 Å². The summed E-state index contributed by atoms with van der Waals surface area (Å²) in [5.41, 5.74) is 3.51. The van der Waals surface area contributed by atoms with E-state index < -0.39 is 0 Å². The van der Waals surface area contributed by atoms with E-state index in [0.717, 1.165) is 61.0 Å². The minimum absolute atomic E-state index is 0.261. The maximum absolute atomic E-state index is 13.7. The number of methoxy groups -OCH3 is 1. The molecule has 1 saturated heterocycles. The lowest BCUT2D eigenvalue weighted by molar-refractivity contribution is 0.244. The van der Waals surface area contributed by atoms with Crippen molar-refractivity contribution in [3.05, 3.63) is 72.6 Å². The van der Waals surface area contributed by atoms with E-state index in [1.807, 2.05) is 22.7 Å². The van der Waals surface area contributed by atoms with E-state index >= 15 is 0 Å². The SMILES string of the molecule is COc1ncccc1CN1CCN(c2nccn3c(-c4cccc(F)c4)cnc23)CC1. The Hall–Kier alpha value is -3.52. The summed E-state index contributed by atoms with van der Waals surface area (Å²) in [6.07, 6.45) is 7.17. The lowest BCUT2D eigenvalue weighted by Gasteiger charge is -2.35. The molecule has 5 rings (SSSR count). The highest BCUT2D eigenvalue weighted by Crippen LogP contribution is 2.26. The highest BCUT2D eigenvalue weighted by Gasteiger charge is 2.22. The summed E-state index contributed by atoms with van der Waals surface area (Å²) in [6.45, 7) is 4.29. The Balaban J connectivity index is 1.34. The van der Waals surface area contributed by atoms with Crippen molar-refractivity contribution in [1.29, 1.82) is 0 Å². The van der Waals surface area contributed by atoms with Crippen LogP contribution in [0.4, 0.5) is 10.2 Å². The largest absolute Gasteiger partial charge is 0.481 e. The second-order valence-electron chi connectivity index (χ2n) is 7.53. The fourth-order valence-electron chi connectivity index (χ4n) is 4.08. The van der Waals surface area contributed by atoms with Gasteiger partial charge in [-0.15, -0.1) is 0 Å². The van der Waals surface area contributed by atoms with Crippen LogP contribution in [-0.4, -0.2) is 57.5 Å². The van der Waals surface area contributed by atoms with Gasteiger partial charge in [-0.2, -0.15) is 0 Å². The number of rotatable bonds is 5. The number of anilines is 1. The zero-order valence-corrected chi connectivity index (χ0v) is 17.3. The van der Waals surface area contributed by atoms with Gasteiger partial charge in [0.1, 0.15) is 5.82 Å². The summed E-state index contributed by atoms with van der Waals surface area (Å²) >= 11 is 0. The number of ether oxygens (including phenoxy) is 1. The van der Waals surface area contributed by atoms with Gasteiger partial charge in [0.25, 0.3) is 0 Å². The van der Waals surface area contributed by atoms with E-state index in [1.165, 1.54) is 12.1 Å². The fraction of sp³-hybridized carbons (Fsp3) is 0.261. The van der Waals surface area contributed by atoms with Gasteiger partial charge in [-0.3, -0.25) is 9.30 Å². The molecule has 0 radical (unpaired) electrons. The van der Waals surface area contributed by atoms with E-state index in [-0.39, 0.29) is 5.82 Å². The zero-order chi connectivity index (χ0) is 21.2. The third-order valence-corrected chi connectivity index (χ3v) is 5.64. The Bertz CT molecular complexity index is 1200. The number of aromatic nitrogens is 4. The molecule has 0 saturated carbocycles. The first kappa shape index (κ1) is 19.4. The van der Waals surface area contributed by atoms with Crippen LogP contribution in [-0.2, 0) is 6.54 Å². The lowest BCUT2D eigenvalue weighted by Crippen LogP contribution is -2.46. The molecule has 4 aromatic rings. The molecule has 0 bridgehead atoms. The average Bonchev–Trinajstić information content (AvgIpc) is 3.24. The molecule has 1 aliphatic rings. The summed E-state index contributed by atoms with van der Waals surface area (Å²) < 4.78 is 21.1. The Morgan fingerprint density at radius 3 is 2.68 bits per heavy atom. The van der Waals surface area contributed by atoms with Crippen molar-refractivity contribution < 1.29 is 9.13 Å². The van der Waals surface area contributed by atoms with Crippen LogP contribution in [0, 0.1) is 5.82 Å². The monoisotopic (exact) mass is 418 g/mol. The summed E-state index contributed by atoms with van der Waals surface area (Å²) in [5, 5.41) is 0. The van der Waals surface area contributed by atoms with Crippen molar-refractivity contribution in [3.63, 3.8) is 0 Å². The first-order chi connectivity index (χ1) is 15.2. The second-order valence-corrected chi connectivity index (χ2v) is 7.53. The van der Waals surface area contributed by atoms with Crippen molar-refractivity contribution in [3.8, 4) is 17.1 Å². The topological polar surface area (TPSA) is 58.8 Å². The average molecular weight is 418 g/mol. The molecule has 0 amide bonds. The smallest absolute Gasteiger partial charge is 0.217 e. The first-order valence-electron chi connectivity index (χ1n) is 10.3. The van der Waals surface area contributed by atoms with Gasteiger partial charge in [0.2, 0.25) is 5.88 Å². The Kier molecular flexibility index (Phi) is 5.21. The molecule has 8 heteroatoms. The quantitative estimate of drug-likeness (QED) is 0.496. The van der Waals surface area contributed by atoms with Crippen LogP contribution in [0.15, 0.2) is 61.2 Å². The Labute approximate surface area is 179 Å². The standard InChI is InChI=1S/C23H23FN6O/c1-31-23-18(5-3-7-26-23)16-28-10-12-29(13-11-28)21-22-27-15-20(30(22)9-8-25-21)17-4-2-6-19(24)14-17/h2-9,14-15H,10-13,16H2,1H3. The first-order valence-corrected chi connectivity index (χ1v) is 10.3. The van der Waals surface area contributed by atoms with Crippen LogP contribution >= 0.6 is 0 Å². The van der Waals surface area contributed by atoms with Gasteiger partial charge in [0.15, 0.2) is 11.5 Å². The number of hydrogen-bond donors (Lipinski definition) is 0. The van der Waals surface area contributed by atoms with Gasteiger partial charge in [-0.1, -0.05) is 18.2 Å². The van der Waals surface area contributed by atoms with Gasteiger partial charge in [0.05, 0.1) is 19.0 Å². The lowest BCUT2D eigenvalue weighted by atomic mass is 10.1. The fourth-order valence-corrected chi connectivity index (χ4v) is 4.08. The second kappa shape index (κ2) is 8.31. The van der Waals surface area contributed by atoms with E-state index in [0.29, 0.717) is 5.88 Å². The van der Waals surface area contributed by atoms with Crippen molar-refractivity contribution in [2.75, 3.05) is 38.2 Å². The molecule has 0 spiro atoms. The van der Waals surface area contributed by atoms with Crippen molar-refractivity contribution in [2.45, 2.75) is 6.54 Å². The summed E-state index contributed by atoms with van der Waals surface area (Å²) in [5.74, 6) is 1.27. The highest BCUT2D eigenvalue weighted by atomic mass is 19.1. The number of nitrogens with zero attached hydrogens (tertiary/aromatic N) is 6. The van der Waals surface area contributed by atoms with Crippen LogP contribution in [0.25, 0.3) is 16.9 Å². The molecule has 4 heterocycles. The Morgan fingerprint density at radius 1 is 1.00 bits per heavy atom. The number of hydrogen-bond acceptors (Lipinski definition) is 6. The maximum Gasteiger partial charge on any atom is 0.217 e. The molecule has 0 atom stereocenters. The summed E-state index contributed by atoms with van der Waals surface area (Å²) in [7, 11) is 1.65. The van der Waals surface area contributed by atoms with Crippen LogP contribution in [0.1, 0.15) is 5.56 Å². The molecule has 0 unspecified atom stereocenters. The molecule has 1 aliphatic heterocycles. The number of halogens is 1. The number of piperazine rings is 1. The normalized spacial score (nSPS) is 14.8. The zero-order valence-electron chi connectivity index (χ0n) is 17.3. The number of benzene rings is 1. The van der Waals surface area contributed by atoms with E-state index in [1.54, 1.807) is 31.8 Å². The molecule has 158 valence electrons. The van der Waals surface area contributed by atoms with Gasteiger partial charge in [0, 0.05) is 62.4 Å².